The predicted molar refractivity (Wildman–Crippen MR) is 40.0 cm³/mol. The summed E-state index contributed by atoms with van der Waals surface area (Å²) in [6.45, 7) is 3.48. The van der Waals surface area contributed by atoms with Gasteiger partial charge in [0.05, 0.1) is 7.05 Å². The van der Waals surface area contributed by atoms with E-state index < -0.39 is 4.92 Å². The number of imidazole rings is 1. The Morgan fingerprint density at radius 2 is 2.55 bits per heavy atom. The van der Waals surface area contributed by atoms with E-state index in [1.807, 2.05) is 0 Å². The Morgan fingerprint density at radius 3 is 2.82 bits per heavy atom. The molecule has 0 bridgehead atoms. The first-order valence-electron chi connectivity index (χ1n) is 2.95. The highest BCUT2D eigenvalue weighted by Crippen LogP contribution is 2.10. The van der Waals surface area contributed by atoms with Crippen LogP contribution in [0.5, 0.6) is 0 Å². The van der Waals surface area contributed by atoms with Crippen molar-refractivity contribution in [2.45, 2.75) is 0 Å². The monoisotopic (exact) mass is 153 g/mol. The van der Waals surface area contributed by atoms with Crippen LogP contribution in [0.1, 0.15) is 5.69 Å². The molecule has 0 aromatic carbocycles. The molecule has 11 heavy (non-hydrogen) atoms. The molecule has 0 fully saturated rings. The van der Waals surface area contributed by atoms with E-state index in [0.717, 1.165) is 0 Å². The lowest BCUT2D eigenvalue weighted by Crippen LogP contribution is -1.99. The number of rotatable bonds is 2. The highest BCUT2D eigenvalue weighted by atomic mass is 16.6. The topological polar surface area (TPSA) is 61.0 Å². The molecule has 0 saturated heterocycles. The largest absolute Gasteiger partial charge is 0.434 e. The van der Waals surface area contributed by atoms with Crippen LogP contribution in [0, 0.1) is 10.1 Å². The minimum absolute atomic E-state index is 0.167. The number of aromatic nitrogens is 2. The SMILES string of the molecule is C=Cc1cnc([N+](=O)[O-])n1C. The predicted octanol–water partition coefficient (Wildman–Crippen LogP) is 0.971. The molecule has 5 heteroatoms. The Hall–Kier alpha value is -1.65. The van der Waals surface area contributed by atoms with Crippen LogP contribution in [0.3, 0.4) is 0 Å². The van der Waals surface area contributed by atoms with E-state index in [9.17, 15) is 10.1 Å². The number of hydrogen-bond acceptors (Lipinski definition) is 3. The molecular formula is C6H7N3O2. The lowest BCUT2D eigenvalue weighted by Gasteiger charge is -1.93. The molecule has 1 rings (SSSR count). The van der Waals surface area contributed by atoms with Crippen molar-refractivity contribution in [3.8, 4) is 0 Å². The normalized spacial score (nSPS) is 9.55. The first-order valence-corrected chi connectivity index (χ1v) is 2.95. The van der Waals surface area contributed by atoms with Gasteiger partial charge in [-0.05, 0) is 11.0 Å². The van der Waals surface area contributed by atoms with Crippen molar-refractivity contribution >= 4 is 12.0 Å². The summed E-state index contributed by atoms with van der Waals surface area (Å²) in [6, 6.07) is 0. The van der Waals surface area contributed by atoms with Crippen LogP contribution < -0.4 is 0 Å². The third-order valence-electron chi connectivity index (χ3n) is 1.37. The second-order valence-corrected chi connectivity index (χ2v) is 2.00. The summed E-state index contributed by atoms with van der Waals surface area (Å²) >= 11 is 0. The van der Waals surface area contributed by atoms with Gasteiger partial charge in [0.2, 0.25) is 0 Å². The maximum Gasteiger partial charge on any atom is 0.434 e. The maximum absolute atomic E-state index is 10.2. The quantitative estimate of drug-likeness (QED) is 0.469. The summed E-state index contributed by atoms with van der Waals surface area (Å²) in [5.41, 5.74) is 0.636. The zero-order valence-corrected chi connectivity index (χ0v) is 6.02. The minimum atomic E-state index is -0.535. The molecule has 0 aliphatic carbocycles. The molecule has 0 saturated carbocycles. The van der Waals surface area contributed by atoms with E-state index in [0.29, 0.717) is 5.69 Å². The van der Waals surface area contributed by atoms with Gasteiger partial charge in [0.15, 0.2) is 0 Å². The zero-order valence-electron chi connectivity index (χ0n) is 6.02. The van der Waals surface area contributed by atoms with Crippen molar-refractivity contribution in [2.24, 2.45) is 7.05 Å². The lowest BCUT2D eigenvalue weighted by atomic mass is 10.5. The number of nitro groups is 1. The van der Waals surface area contributed by atoms with Gasteiger partial charge in [0, 0.05) is 0 Å². The molecule has 1 heterocycles. The summed E-state index contributed by atoms with van der Waals surface area (Å²) in [7, 11) is 1.57. The van der Waals surface area contributed by atoms with Crippen LogP contribution in [-0.4, -0.2) is 14.5 Å². The van der Waals surface area contributed by atoms with Crippen LogP contribution in [0.2, 0.25) is 0 Å². The summed E-state index contributed by atoms with van der Waals surface area (Å²) in [5, 5.41) is 10.2. The van der Waals surface area contributed by atoms with Crippen LogP contribution in [0.4, 0.5) is 5.95 Å². The second-order valence-electron chi connectivity index (χ2n) is 2.00. The van der Waals surface area contributed by atoms with E-state index in [2.05, 4.69) is 11.6 Å². The van der Waals surface area contributed by atoms with E-state index in [1.165, 1.54) is 16.8 Å². The molecule has 0 atom stereocenters. The highest BCUT2D eigenvalue weighted by molar-refractivity contribution is 5.43. The molecule has 0 aliphatic rings. The van der Waals surface area contributed by atoms with Crippen molar-refractivity contribution < 1.29 is 4.92 Å². The van der Waals surface area contributed by atoms with E-state index in [-0.39, 0.29) is 5.95 Å². The fourth-order valence-electron chi connectivity index (χ4n) is 0.772. The first-order chi connectivity index (χ1) is 5.16. The fourth-order valence-corrected chi connectivity index (χ4v) is 0.772. The van der Waals surface area contributed by atoms with Gasteiger partial charge in [-0.25, -0.2) is 4.57 Å². The third-order valence-corrected chi connectivity index (χ3v) is 1.37. The highest BCUT2D eigenvalue weighted by Gasteiger charge is 2.14. The van der Waals surface area contributed by atoms with Gasteiger partial charge in [-0.2, -0.15) is 0 Å². The van der Waals surface area contributed by atoms with Crippen molar-refractivity contribution in [3.05, 3.63) is 28.6 Å². The van der Waals surface area contributed by atoms with Gasteiger partial charge in [-0.15, -0.1) is 0 Å². The molecule has 0 aliphatic heterocycles. The maximum atomic E-state index is 10.2. The van der Waals surface area contributed by atoms with Crippen LogP contribution >= 0.6 is 0 Å². The molecular weight excluding hydrogens is 146 g/mol. The third kappa shape index (κ3) is 1.12. The number of hydrogen-bond donors (Lipinski definition) is 0. The Bertz CT molecular complexity index is 303. The molecule has 0 amide bonds. The second kappa shape index (κ2) is 2.53. The Labute approximate surface area is 63.1 Å². The lowest BCUT2D eigenvalue weighted by molar-refractivity contribution is -0.396. The van der Waals surface area contributed by atoms with Gasteiger partial charge in [-0.3, -0.25) is 0 Å². The molecule has 1 aromatic rings. The summed E-state index contributed by atoms with van der Waals surface area (Å²) in [5.74, 6) is -0.167. The van der Waals surface area contributed by atoms with Crippen molar-refractivity contribution in [1.82, 2.24) is 9.55 Å². The smallest absolute Gasteiger partial charge is 0.390 e. The molecule has 0 radical (unpaired) electrons. The van der Waals surface area contributed by atoms with Gasteiger partial charge < -0.3 is 10.1 Å². The molecule has 58 valence electrons. The van der Waals surface area contributed by atoms with Crippen molar-refractivity contribution in [2.75, 3.05) is 0 Å². The Balaban J connectivity index is 3.20. The Kier molecular flexibility index (Phi) is 1.72. The van der Waals surface area contributed by atoms with E-state index in [4.69, 9.17) is 0 Å². The fraction of sp³-hybridized carbons (Fsp3) is 0.167. The summed E-state index contributed by atoms with van der Waals surface area (Å²) in [4.78, 5) is 13.3. The standard InChI is InChI=1S/C6H7N3O2/c1-3-5-4-7-6(8(5)2)9(10)11/h3-4H,1H2,2H3. The van der Waals surface area contributed by atoms with Crippen LogP contribution in [-0.2, 0) is 7.05 Å². The Morgan fingerprint density at radius 1 is 1.91 bits per heavy atom. The minimum Gasteiger partial charge on any atom is -0.390 e. The van der Waals surface area contributed by atoms with E-state index in [1.54, 1.807) is 7.05 Å². The molecule has 1 aromatic heterocycles. The van der Waals surface area contributed by atoms with Crippen LogP contribution in [0.15, 0.2) is 12.8 Å². The van der Waals surface area contributed by atoms with Crippen LogP contribution in [0.25, 0.3) is 6.08 Å². The molecule has 0 N–H and O–H groups in total. The van der Waals surface area contributed by atoms with Crippen molar-refractivity contribution in [1.29, 1.82) is 0 Å². The summed E-state index contributed by atoms with van der Waals surface area (Å²) in [6.07, 6.45) is 2.92. The van der Waals surface area contributed by atoms with Gasteiger partial charge in [0.25, 0.3) is 0 Å². The van der Waals surface area contributed by atoms with Gasteiger partial charge in [-0.1, -0.05) is 11.6 Å². The van der Waals surface area contributed by atoms with Crippen molar-refractivity contribution in [3.63, 3.8) is 0 Å². The number of nitrogens with zero attached hydrogens (tertiary/aromatic N) is 3. The average molecular weight is 153 g/mol. The molecule has 0 spiro atoms. The summed E-state index contributed by atoms with van der Waals surface area (Å²) < 4.78 is 1.37. The molecule has 5 nitrogen and oxygen atoms in total. The van der Waals surface area contributed by atoms with E-state index >= 15 is 0 Å². The average Bonchev–Trinajstić information content (AvgIpc) is 2.30. The first kappa shape index (κ1) is 7.46. The molecule has 0 unspecified atom stereocenters. The zero-order chi connectivity index (χ0) is 8.43. The van der Waals surface area contributed by atoms with Gasteiger partial charge >= 0.3 is 5.95 Å². The van der Waals surface area contributed by atoms with Gasteiger partial charge in [0.1, 0.15) is 11.9 Å².